The summed E-state index contributed by atoms with van der Waals surface area (Å²) in [6.07, 6.45) is 3.48. The van der Waals surface area contributed by atoms with Crippen LogP contribution in [0.4, 0.5) is 5.13 Å². The first-order valence-corrected chi connectivity index (χ1v) is 6.74. The van der Waals surface area contributed by atoms with Gasteiger partial charge in [-0.3, -0.25) is 0 Å². The number of hydrogen-bond donors (Lipinski definition) is 0. The van der Waals surface area contributed by atoms with Gasteiger partial charge in [0.05, 0.1) is 19.3 Å². The van der Waals surface area contributed by atoms with Gasteiger partial charge >= 0.3 is 5.97 Å². The van der Waals surface area contributed by atoms with Gasteiger partial charge in [-0.15, -0.1) is 5.10 Å². The van der Waals surface area contributed by atoms with Gasteiger partial charge in [-0.2, -0.15) is 0 Å². The minimum absolute atomic E-state index is 0.191. The number of thiazole rings is 1. The summed E-state index contributed by atoms with van der Waals surface area (Å²) < 4.78 is 6.46. The standard InChI is InChI=1S/C10H10ClN5O2S/c1-18-9(17)7-8(11)13-10(19-7)15-4-6(5-15)16-3-2-12-14-16/h2-3,6H,4-5H2,1H3. The SMILES string of the molecule is COC(=O)c1sc(N2CC(n3ccnn3)C2)nc1Cl. The van der Waals surface area contributed by atoms with Crippen molar-refractivity contribution in [1.29, 1.82) is 0 Å². The molecule has 0 unspecified atom stereocenters. The molecule has 0 bridgehead atoms. The van der Waals surface area contributed by atoms with E-state index in [0.717, 1.165) is 18.2 Å². The summed E-state index contributed by atoms with van der Waals surface area (Å²) in [5.74, 6) is -0.456. The van der Waals surface area contributed by atoms with Crippen molar-refractivity contribution in [3.8, 4) is 0 Å². The highest BCUT2D eigenvalue weighted by atomic mass is 35.5. The zero-order valence-electron chi connectivity index (χ0n) is 9.99. The van der Waals surface area contributed by atoms with Crippen LogP contribution >= 0.6 is 22.9 Å². The maximum absolute atomic E-state index is 11.5. The molecule has 1 aliphatic rings. The smallest absolute Gasteiger partial charge is 0.351 e. The van der Waals surface area contributed by atoms with Gasteiger partial charge in [-0.05, 0) is 0 Å². The molecule has 0 aromatic carbocycles. The van der Waals surface area contributed by atoms with Crippen LogP contribution in [0.3, 0.4) is 0 Å². The topological polar surface area (TPSA) is 73.1 Å². The number of methoxy groups -OCH3 is 1. The maximum atomic E-state index is 11.5. The summed E-state index contributed by atoms with van der Waals surface area (Å²) in [4.78, 5) is 18.0. The largest absolute Gasteiger partial charge is 0.465 e. The van der Waals surface area contributed by atoms with Gasteiger partial charge in [0.1, 0.15) is 0 Å². The molecule has 19 heavy (non-hydrogen) atoms. The van der Waals surface area contributed by atoms with Gasteiger partial charge in [0.15, 0.2) is 15.2 Å². The lowest BCUT2D eigenvalue weighted by Crippen LogP contribution is -2.48. The lowest BCUT2D eigenvalue weighted by Gasteiger charge is -2.38. The third-order valence-corrected chi connectivity index (χ3v) is 4.37. The minimum Gasteiger partial charge on any atom is -0.465 e. The van der Waals surface area contributed by atoms with Crippen LogP contribution in [0.1, 0.15) is 15.7 Å². The van der Waals surface area contributed by atoms with E-state index in [4.69, 9.17) is 11.6 Å². The van der Waals surface area contributed by atoms with Crippen LogP contribution in [-0.4, -0.2) is 46.1 Å². The van der Waals surface area contributed by atoms with E-state index in [1.165, 1.54) is 18.4 Å². The molecule has 0 aliphatic carbocycles. The van der Waals surface area contributed by atoms with Crippen molar-refractivity contribution in [3.05, 3.63) is 22.4 Å². The molecular formula is C10H10ClN5O2S. The summed E-state index contributed by atoms with van der Waals surface area (Å²) in [7, 11) is 1.32. The van der Waals surface area contributed by atoms with Crippen molar-refractivity contribution in [2.75, 3.05) is 25.1 Å². The molecular weight excluding hydrogens is 290 g/mol. The second-order valence-corrected chi connectivity index (χ2v) is 5.39. The molecule has 0 radical (unpaired) electrons. The van der Waals surface area contributed by atoms with Crippen molar-refractivity contribution < 1.29 is 9.53 Å². The zero-order valence-corrected chi connectivity index (χ0v) is 11.6. The number of halogens is 1. The first-order valence-electron chi connectivity index (χ1n) is 5.54. The Labute approximate surface area is 117 Å². The molecule has 0 atom stereocenters. The number of rotatable bonds is 3. The Morgan fingerprint density at radius 1 is 1.58 bits per heavy atom. The predicted molar refractivity (Wildman–Crippen MR) is 69.7 cm³/mol. The van der Waals surface area contributed by atoms with Gasteiger partial charge in [0.2, 0.25) is 0 Å². The maximum Gasteiger partial charge on any atom is 0.351 e. The average molecular weight is 300 g/mol. The van der Waals surface area contributed by atoms with E-state index in [0.29, 0.717) is 4.88 Å². The minimum atomic E-state index is -0.456. The highest BCUT2D eigenvalue weighted by Crippen LogP contribution is 2.34. The Bertz CT molecular complexity index is 593. The van der Waals surface area contributed by atoms with E-state index in [1.54, 1.807) is 6.20 Å². The molecule has 2 aromatic rings. The lowest BCUT2D eigenvalue weighted by molar-refractivity contribution is 0.0606. The Balaban J connectivity index is 1.70. The number of ether oxygens (including phenoxy) is 1. The third-order valence-electron chi connectivity index (χ3n) is 2.89. The quantitative estimate of drug-likeness (QED) is 0.794. The fourth-order valence-electron chi connectivity index (χ4n) is 1.84. The van der Waals surface area contributed by atoms with Crippen LogP contribution in [0.5, 0.6) is 0 Å². The highest BCUT2D eigenvalue weighted by molar-refractivity contribution is 7.18. The van der Waals surface area contributed by atoms with E-state index in [9.17, 15) is 4.79 Å². The van der Waals surface area contributed by atoms with Gasteiger partial charge < -0.3 is 9.64 Å². The van der Waals surface area contributed by atoms with E-state index in [2.05, 4.69) is 20.0 Å². The molecule has 2 aromatic heterocycles. The summed E-state index contributed by atoms with van der Waals surface area (Å²) in [5, 5.41) is 8.64. The summed E-state index contributed by atoms with van der Waals surface area (Å²) in [5.41, 5.74) is 0. The number of nitrogens with zero attached hydrogens (tertiary/aromatic N) is 5. The van der Waals surface area contributed by atoms with E-state index < -0.39 is 5.97 Å². The molecule has 1 saturated heterocycles. The van der Waals surface area contributed by atoms with Crippen LogP contribution < -0.4 is 4.90 Å². The van der Waals surface area contributed by atoms with Crippen molar-refractivity contribution in [3.63, 3.8) is 0 Å². The number of carbonyl (C=O) groups excluding carboxylic acids is 1. The van der Waals surface area contributed by atoms with Crippen molar-refractivity contribution >= 4 is 34.0 Å². The van der Waals surface area contributed by atoms with E-state index in [1.807, 2.05) is 15.8 Å². The van der Waals surface area contributed by atoms with Crippen molar-refractivity contribution in [2.24, 2.45) is 0 Å². The normalized spacial score (nSPS) is 15.4. The van der Waals surface area contributed by atoms with Gasteiger partial charge in [-0.1, -0.05) is 28.2 Å². The lowest BCUT2D eigenvalue weighted by atomic mass is 10.1. The molecule has 7 nitrogen and oxygen atoms in total. The number of hydrogen-bond acceptors (Lipinski definition) is 7. The summed E-state index contributed by atoms with van der Waals surface area (Å²) >= 11 is 7.16. The Morgan fingerprint density at radius 2 is 2.37 bits per heavy atom. The molecule has 0 amide bonds. The van der Waals surface area contributed by atoms with Crippen LogP contribution in [-0.2, 0) is 4.74 Å². The average Bonchev–Trinajstić information content (AvgIpc) is 2.97. The molecule has 100 valence electrons. The molecule has 3 rings (SSSR count). The molecule has 1 fully saturated rings. The zero-order chi connectivity index (χ0) is 13.4. The first kappa shape index (κ1) is 12.4. The van der Waals surface area contributed by atoms with Crippen molar-refractivity contribution in [2.45, 2.75) is 6.04 Å². The Hall–Kier alpha value is -1.67. The fraction of sp³-hybridized carbons (Fsp3) is 0.400. The second kappa shape index (κ2) is 4.78. The summed E-state index contributed by atoms with van der Waals surface area (Å²) in [6, 6.07) is 0.284. The molecule has 0 N–H and O–H groups in total. The first-order chi connectivity index (χ1) is 9.19. The van der Waals surface area contributed by atoms with Gasteiger partial charge in [-0.25, -0.2) is 14.5 Å². The van der Waals surface area contributed by atoms with Crippen LogP contribution in [0.25, 0.3) is 0 Å². The Morgan fingerprint density at radius 3 is 3.00 bits per heavy atom. The fourth-order valence-corrected chi connectivity index (χ4v) is 3.05. The summed E-state index contributed by atoms with van der Waals surface area (Å²) in [6.45, 7) is 1.54. The van der Waals surface area contributed by atoms with Crippen molar-refractivity contribution in [1.82, 2.24) is 20.0 Å². The molecule has 0 spiro atoms. The predicted octanol–water partition coefficient (Wildman–Crippen LogP) is 1.24. The second-order valence-electron chi connectivity index (χ2n) is 4.05. The van der Waals surface area contributed by atoms with E-state index >= 15 is 0 Å². The monoisotopic (exact) mass is 299 g/mol. The number of aromatic nitrogens is 4. The van der Waals surface area contributed by atoms with Crippen LogP contribution in [0.15, 0.2) is 12.4 Å². The number of esters is 1. The van der Waals surface area contributed by atoms with Crippen LogP contribution in [0.2, 0.25) is 5.15 Å². The molecule has 1 aliphatic heterocycles. The molecule has 3 heterocycles. The molecule has 0 saturated carbocycles. The molecule has 9 heteroatoms. The van der Waals surface area contributed by atoms with Gasteiger partial charge in [0, 0.05) is 19.3 Å². The van der Waals surface area contributed by atoms with Gasteiger partial charge in [0.25, 0.3) is 0 Å². The highest BCUT2D eigenvalue weighted by Gasteiger charge is 2.32. The number of carbonyl (C=O) groups is 1. The third kappa shape index (κ3) is 2.17. The number of anilines is 1. The van der Waals surface area contributed by atoms with Crippen LogP contribution in [0, 0.1) is 0 Å². The van der Waals surface area contributed by atoms with E-state index in [-0.39, 0.29) is 11.2 Å². The Kier molecular flexibility index (Phi) is 3.11.